The minimum absolute atomic E-state index is 0.0979. The maximum atomic E-state index is 11.8. The number of ether oxygens (including phenoxy) is 1. The summed E-state index contributed by atoms with van der Waals surface area (Å²) in [7, 11) is 1.40. The van der Waals surface area contributed by atoms with Gasteiger partial charge in [-0.2, -0.15) is 0 Å². The Morgan fingerprint density at radius 1 is 1.41 bits per heavy atom. The highest BCUT2D eigenvalue weighted by atomic mass is 79.9. The van der Waals surface area contributed by atoms with Gasteiger partial charge in [-0.25, -0.2) is 4.79 Å². The van der Waals surface area contributed by atoms with Crippen molar-refractivity contribution in [3.05, 3.63) is 31.0 Å². The average molecular weight is 305 g/mol. The molecule has 0 saturated heterocycles. The minimum Gasteiger partial charge on any atom is -0.464 e. The highest BCUT2D eigenvalue weighted by Crippen LogP contribution is 2.07. The van der Waals surface area contributed by atoms with Gasteiger partial charge in [-0.15, -0.1) is 0 Å². The Bertz CT molecular complexity index is 559. The van der Waals surface area contributed by atoms with Gasteiger partial charge in [0.15, 0.2) is 0 Å². The first kappa shape index (κ1) is 13.7. The summed E-state index contributed by atoms with van der Waals surface area (Å²) in [5.41, 5.74) is -0.288. The van der Waals surface area contributed by atoms with Crippen LogP contribution in [-0.4, -0.2) is 21.7 Å². The second-order valence-corrected chi connectivity index (χ2v) is 4.33. The molecule has 0 radical (unpaired) electrons. The highest BCUT2D eigenvalue weighted by Gasteiger charge is 2.11. The third kappa shape index (κ3) is 2.85. The Morgan fingerprint density at radius 3 is 2.53 bits per heavy atom. The molecule has 0 aliphatic heterocycles. The zero-order chi connectivity index (χ0) is 13.2. The maximum absolute atomic E-state index is 11.8. The number of hydrogen-bond donors (Lipinski definition) is 0. The van der Waals surface area contributed by atoms with Gasteiger partial charge in [-0.3, -0.25) is 18.7 Å². The lowest BCUT2D eigenvalue weighted by molar-refractivity contribution is -0.141. The molecule has 0 aliphatic rings. The SMILES string of the molecule is CC(=O)OCCn1c(C)c(Br)c(=O)n(C)c1=O. The monoisotopic (exact) mass is 304 g/mol. The van der Waals surface area contributed by atoms with Crippen molar-refractivity contribution in [2.24, 2.45) is 7.05 Å². The molecular formula is C10H13BrN2O4. The molecule has 1 heterocycles. The minimum atomic E-state index is -0.428. The quantitative estimate of drug-likeness (QED) is 0.747. The molecular weight excluding hydrogens is 292 g/mol. The smallest absolute Gasteiger partial charge is 0.331 e. The second kappa shape index (κ2) is 5.31. The third-order valence-electron chi connectivity index (χ3n) is 2.35. The topological polar surface area (TPSA) is 70.3 Å². The molecule has 1 aromatic rings. The van der Waals surface area contributed by atoms with Crippen LogP contribution in [0.2, 0.25) is 0 Å². The molecule has 0 aromatic carbocycles. The standard InChI is InChI=1S/C10H13BrN2O4/c1-6-8(11)9(15)12(3)10(16)13(6)4-5-17-7(2)14/h4-5H2,1-3H3. The molecule has 94 valence electrons. The van der Waals surface area contributed by atoms with E-state index < -0.39 is 11.7 Å². The van der Waals surface area contributed by atoms with E-state index in [4.69, 9.17) is 4.74 Å². The van der Waals surface area contributed by atoms with E-state index in [0.29, 0.717) is 10.2 Å². The van der Waals surface area contributed by atoms with Crippen LogP contribution >= 0.6 is 15.9 Å². The number of nitrogens with zero attached hydrogens (tertiary/aromatic N) is 2. The molecule has 6 nitrogen and oxygen atoms in total. The molecule has 0 saturated carbocycles. The van der Waals surface area contributed by atoms with Crippen LogP contribution in [0.1, 0.15) is 12.6 Å². The zero-order valence-corrected chi connectivity index (χ0v) is 11.4. The predicted molar refractivity (Wildman–Crippen MR) is 65.0 cm³/mol. The first-order chi connectivity index (χ1) is 7.86. The summed E-state index contributed by atoms with van der Waals surface area (Å²) < 4.78 is 7.49. The van der Waals surface area contributed by atoms with E-state index in [1.807, 2.05) is 0 Å². The lowest BCUT2D eigenvalue weighted by Crippen LogP contribution is -2.40. The fraction of sp³-hybridized carbons (Fsp3) is 0.500. The molecule has 0 bridgehead atoms. The van der Waals surface area contributed by atoms with Crippen LogP contribution in [0.3, 0.4) is 0 Å². The number of halogens is 1. The third-order valence-corrected chi connectivity index (χ3v) is 3.27. The van der Waals surface area contributed by atoms with Crippen LogP contribution in [0.4, 0.5) is 0 Å². The van der Waals surface area contributed by atoms with Crippen molar-refractivity contribution in [1.29, 1.82) is 0 Å². The molecule has 0 amide bonds. The van der Waals surface area contributed by atoms with Gasteiger partial charge in [0, 0.05) is 19.7 Å². The molecule has 7 heteroatoms. The van der Waals surface area contributed by atoms with Crippen molar-refractivity contribution in [2.45, 2.75) is 20.4 Å². The van der Waals surface area contributed by atoms with E-state index in [2.05, 4.69) is 15.9 Å². The Labute approximate surface area is 106 Å². The van der Waals surface area contributed by atoms with Gasteiger partial charge in [0.1, 0.15) is 11.1 Å². The van der Waals surface area contributed by atoms with E-state index in [0.717, 1.165) is 4.57 Å². The molecule has 0 spiro atoms. The van der Waals surface area contributed by atoms with Gasteiger partial charge in [0.2, 0.25) is 0 Å². The molecule has 0 N–H and O–H groups in total. The van der Waals surface area contributed by atoms with Gasteiger partial charge in [0.25, 0.3) is 5.56 Å². The summed E-state index contributed by atoms with van der Waals surface area (Å²) in [6, 6.07) is 0. The summed E-state index contributed by atoms with van der Waals surface area (Å²) in [5, 5.41) is 0. The number of carbonyl (C=O) groups excluding carboxylic acids is 1. The van der Waals surface area contributed by atoms with E-state index in [1.54, 1.807) is 6.92 Å². The second-order valence-electron chi connectivity index (χ2n) is 3.54. The molecule has 1 rings (SSSR count). The predicted octanol–water partition coefficient (Wildman–Crippen LogP) is 0.181. The van der Waals surface area contributed by atoms with Crippen LogP contribution < -0.4 is 11.2 Å². The number of esters is 1. The molecule has 17 heavy (non-hydrogen) atoms. The largest absolute Gasteiger partial charge is 0.464 e. The number of carbonyl (C=O) groups is 1. The lowest BCUT2D eigenvalue weighted by Gasteiger charge is -2.12. The van der Waals surface area contributed by atoms with Crippen LogP contribution in [0, 0.1) is 6.92 Å². The number of aromatic nitrogens is 2. The van der Waals surface area contributed by atoms with E-state index >= 15 is 0 Å². The van der Waals surface area contributed by atoms with Gasteiger partial charge in [-0.1, -0.05) is 0 Å². The fourth-order valence-electron chi connectivity index (χ4n) is 1.38. The first-order valence-electron chi connectivity index (χ1n) is 4.95. The summed E-state index contributed by atoms with van der Waals surface area (Å²) in [6.45, 7) is 3.27. The van der Waals surface area contributed by atoms with Gasteiger partial charge in [-0.05, 0) is 22.9 Å². The Morgan fingerprint density at radius 2 is 2.00 bits per heavy atom. The molecule has 0 atom stereocenters. The summed E-state index contributed by atoms with van der Waals surface area (Å²) >= 11 is 3.13. The van der Waals surface area contributed by atoms with Crippen LogP contribution in [-0.2, 0) is 23.1 Å². The van der Waals surface area contributed by atoms with Gasteiger partial charge >= 0.3 is 11.7 Å². The fourth-order valence-corrected chi connectivity index (χ4v) is 1.86. The molecule has 1 aromatic heterocycles. The Balaban J connectivity index is 3.12. The molecule has 0 aliphatic carbocycles. The van der Waals surface area contributed by atoms with Gasteiger partial charge < -0.3 is 4.74 Å². The average Bonchev–Trinajstić information content (AvgIpc) is 2.28. The Kier molecular flexibility index (Phi) is 4.28. The zero-order valence-electron chi connectivity index (χ0n) is 9.82. The van der Waals surface area contributed by atoms with Crippen LogP contribution in [0.25, 0.3) is 0 Å². The van der Waals surface area contributed by atoms with Crippen molar-refractivity contribution in [2.75, 3.05) is 6.61 Å². The maximum Gasteiger partial charge on any atom is 0.331 e. The van der Waals surface area contributed by atoms with Gasteiger partial charge in [0.05, 0.1) is 6.54 Å². The van der Waals surface area contributed by atoms with Crippen molar-refractivity contribution < 1.29 is 9.53 Å². The van der Waals surface area contributed by atoms with E-state index in [9.17, 15) is 14.4 Å². The molecule has 0 unspecified atom stereocenters. The molecule has 0 fully saturated rings. The van der Waals surface area contributed by atoms with Crippen molar-refractivity contribution >= 4 is 21.9 Å². The van der Waals surface area contributed by atoms with Crippen LogP contribution in [0.15, 0.2) is 14.1 Å². The summed E-state index contributed by atoms with van der Waals surface area (Å²) in [5.74, 6) is -0.403. The van der Waals surface area contributed by atoms with E-state index in [1.165, 1.54) is 18.5 Å². The number of rotatable bonds is 3. The summed E-state index contributed by atoms with van der Waals surface area (Å²) in [4.78, 5) is 34.0. The number of hydrogen-bond acceptors (Lipinski definition) is 4. The highest BCUT2D eigenvalue weighted by molar-refractivity contribution is 9.10. The van der Waals surface area contributed by atoms with Crippen molar-refractivity contribution in [3.63, 3.8) is 0 Å². The van der Waals surface area contributed by atoms with Crippen molar-refractivity contribution in [3.8, 4) is 0 Å². The lowest BCUT2D eigenvalue weighted by atomic mass is 10.4. The van der Waals surface area contributed by atoms with Crippen LogP contribution in [0.5, 0.6) is 0 Å². The van der Waals surface area contributed by atoms with E-state index in [-0.39, 0.29) is 18.7 Å². The first-order valence-corrected chi connectivity index (χ1v) is 5.75. The Hall–Kier alpha value is -1.37. The normalized spacial score (nSPS) is 10.4. The van der Waals surface area contributed by atoms with Crippen molar-refractivity contribution in [1.82, 2.24) is 9.13 Å². The summed E-state index contributed by atoms with van der Waals surface area (Å²) in [6.07, 6.45) is 0.